The number of aromatic nitrogens is 4. The summed E-state index contributed by atoms with van der Waals surface area (Å²) in [6, 6.07) is 3.46. The summed E-state index contributed by atoms with van der Waals surface area (Å²) in [7, 11) is 0. The minimum Gasteiger partial charge on any atom is -0.354 e. The van der Waals surface area contributed by atoms with Gasteiger partial charge in [-0.2, -0.15) is 4.98 Å². The van der Waals surface area contributed by atoms with Crippen LogP contribution in [-0.4, -0.2) is 32.6 Å². The Kier molecular flexibility index (Phi) is 4.60. The smallest absolute Gasteiger partial charge is 0.328 e. The van der Waals surface area contributed by atoms with E-state index < -0.39 is 0 Å². The van der Waals surface area contributed by atoms with E-state index in [4.69, 9.17) is 28.9 Å². The van der Waals surface area contributed by atoms with E-state index in [2.05, 4.69) is 20.3 Å². The zero-order valence-corrected chi connectivity index (χ0v) is 15.4. The first-order chi connectivity index (χ1) is 12.6. The first-order valence-electron chi connectivity index (χ1n) is 8.47. The van der Waals surface area contributed by atoms with Crippen molar-refractivity contribution in [3.05, 3.63) is 50.0 Å². The van der Waals surface area contributed by atoms with E-state index in [0.717, 1.165) is 30.4 Å². The molecule has 0 radical (unpaired) electrons. The van der Waals surface area contributed by atoms with Crippen molar-refractivity contribution in [3.63, 3.8) is 0 Å². The van der Waals surface area contributed by atoms with Crippen molar-refractivity contribution < 1.29 is 0 Å². The van der Waals surface area contributed by atoms with Gasteiger partial charge >= 0.3 is 5.69 Å². The standard InChI is InChI=1S/C17H18Cl2N6O/c18-9-6-11-10(12(19)7-9)2-3-14(11)25-15-13(23-17(25)26)8-22-16(24-15)21-5-1-4-20/h6-8,14H,1-5,20H2,(H,23,26)(H,21,22,24). The molecule has 1 unspecified atom stereocenters. The van der Waals surface area contributed by atoms with Gasteiger partial charge in [-0.1, -0.05) is 23.2 Å². The summed E-state index contributed by atoms with van der Waals surface area (Å²) in [6.07, 6.45) is 3.99. The van der Waals surface area contributed by atoms with E-state index in [-0.39, 0.29) is 11.7 Å². The molecule has 2 heterocycles. The fourth-order valence-corrected chi connectivity index (χ4v) is 4.09. The SMILES string of the molecule is NCCCNc1ncc2[nH]c(=O)n(C3CCc4c(Cl)cc(Cl)cc43)c2n1. The van der Waals surface area contributed by atoms with Crippen LogP contribution in [0.2, 0.25) is 10.0 Å². The average Bonchev–Trinajstić information content (AvgIpc) is 3.15. The molecule has 0 fully saturated rings. The summed E-state index contributed by atoms with van der Waals surface area (Å²) in [4.78, 5) is 24.2. The number of halogens is 2. The number of aromatic amines is 1. The molecule has 9 heteroatoms. The normalized spacial score (nSPS) is 16.2. The molecule has 4 rings (SSSR count). The number of hydrogen-bond donors (Lipinski definition) is 3. The third-order valence-corrected chi connectivity index (χ3v) is 5.21. The molecule has 4 N–H and O–H groups in total. The first kappa shape index (κ1) is 17.3. The number of nitrogens with zero attached hydrogens (tertiary/aromatic N) is 3. The van der Waals surface area contributed by atoms with E-state index in [1.807, 2.05) is 6.07 Å². The van der Waals surface area contributed by atoms with Gasteiger partial charge in [0.1, 0.15) is 5.52 Å². The summed E-state index contributed by atoms with van der Waals surface area (Å²) in [5.74, 6) is 0.473. The summed E-state index contributed by atoms with van der Waals surface area (Å²) < 4.78 is 1.67. The van der Waals surface area contributed by atoms with Gasteiger partial charge in [-0.15, -0.1) is 0 Å². The number of nitrogens with two attached hydrogens (primary N) is 1. The summed E-state index contributed by atoms with van der Waals surface area (Å²) in [5, 5.41) is 4.33. The minimum atomic E-state index is -0.220. The maximum Gasteiger partial charge on any atom is 0.328 e. The fourth-order valence-electron chi connectivity index (χ4n) is 3.48. The predicted molar refractivity (Wildman–Crippen MR) is 103 cm³/mol. The molecule has 1 atom stereocenters. The monoisotopic (exact) mass is 392 g/mol. The second-order valence-corrected chi connectivity index (χ2v) is 7.15. The zero-order chi connectivity index (χ0) is 18.3. The molecule has 1 aliphatic carbocycles. The van der Waals surface area contributed by atoms with Gasteiger partial charge in [-0.25, -0.2) is 9.78 Å². The maximum atomic E-state index is 12.6. The van der Waals surface area contributed by atoms with Gasteiger partial charge in [0.15, 0.2) is 5.65 Å². The van der Waals surface area contributed by atoms with E-state index in [9.17, 15) is 4.79 Å². The number of anilines is 1. The van der Waals surface area contributed by atoms with E-state index in [1.54, 1.807) is 16.8 Å². The molecule has 1 aromatic carbocycles. The molecule has 26 heavy (non-hydrogen) atoms. The lowest BCUT2D eigenvalue weighted by atomic mass is 10.1. The summed E-state index contributed by atoms with van der Waals surface area (Å²) in [5.41, 5.74) is 8.47. The molecule has 1 aliphatic rings. The Hall–Kier alpha value is -2.09. The molecular weight excluding hydrogens is 375 g/mol. The van der Waals surface area contributed by atoms with Crippen molar-refractivity contribution in [1.29, 1.82) is 0 Å². The van der Waals surface area contributed by atoms with Crippen LogP contribution in [0.3, 0.4) is 0 Å². The average molecular weight is 393 g/mol. The molecule has 0 bridgehead atoms. The largest absolute Gasteiger partial charge is 0.354 e. The number of fused-ring (bicyclic) bond motifs is 2. The molecule has 136 valence electrons. The van der Waals surface area contributed by atoms with Crippen LogP contribution in [0.25, 0.3) is 11.2 Å². The predicted octanol–water partition coefficient (Wildman–Crippen LogP) is 2.72. The second-order valence-electron chi connectivity index (χ2n) is 6.31. The minimum absolute atomic E-state index is 0.158. The summed E-state index contributed by atoms with van der Waals surface area (Å²) in [6.45, 7) is 1.26. The van der Waals surface area contributed by atoms with E-state index in [1.165, 1.54) is 0 Å². The van der Waals surface area contributed by atoms with Crippen molar-refractivity contribution in [3.8, 4) is 0 Å². The van der Waals surface area contributed by atoms with E-state index >= 15 is 0 Å². The topological polar surface area (TPSA) is 102 Å². The van der Waals surface area contributed by atoms with Crippen molar-refractivity contribution in [2.45, 2.75) is 25.3 Å². The molecule has 2 aromatic heterocycles. The van der Waals surface area contributed by atoms with Gasteiger partial charge in [0.2, 0.25) is 5.95 Å². The quantitative estimate of drug-likeness (QED) is 0.579. The zero-order valence-electron chi connectivity index (χ0n) is 13.9. The number of imidazole rings is 1. The number of rotatable bonds is 5. The lowest BCUT2D eigenvalue weighted by Crippen LogP contribution is -2.22. The molecule has 0 spiro atoms. The van der Waals surface area contributed by atoms with Crippen LogP contribution in [-0.2, 0) is 6.42 Å². The highest BCUT2D eigenvalue weighted by molar-refractivity contribution is 6.35. The Morgan fingerprint density at radius 1 is 1.38 bits per heavy atom. The fraction of sp³-hybridized carbons (Fsp3) is 0.353. The van der Waals surface area contributed by atoms with Crippen LogP contribution in [0, 0.1) is 0 Å². The first-order valence-corrected chi connectivity index (χ1v) is 9.23. The Morgan fingerprint density at radius 2 is 2.23 bits per heavy atom. The Bertz CT molecular complexity index is 1030. The highest BCUT2D eigenvalue weighted by Gasteiger charge is 2.29. The van der Waals surface area contributed by atoms with Gasteiger partial charge in [-0.3, -0.25) is 4.57 Å². The van der Waals surface area contributed by atoms with E-state index in [0.29, 0.717) is 40.2 Å². The number of hydrogen-bond acceptors (Lipinski definition) is 5. The van der Waals surface area contributed by atoms with Crippen molar-refractivity contribution >= 4 is 40.3 Å². The van der Waals surface area contributed by atoms with Crippen LogP contribution in [0.1, 0.15) is 30.0 Å². The van der Waals surface area contributed by atoms with Crippen LogP contribution in [0.15, 0.2) is 23.1 Å². The van der Waals surface area contributed by atoms with Gasteiger partial charge in [-0.05, 0) is 49.1 Å². The molecule has 7 nitrogen and oxygen atoms in total. The van der Waals surface area contributed by atoms with Gasteiger partial charge in [0.25, 0.3) is 0 Å². The van der Waals surface area contributed by atoms with Crippen LogP contribution < -0.4 is 16.7 Å². The molecular formula is C17H18Cl2N6O. The third-order valence-electron chi connectivity index (χ3n) is 4.65. The van der Waals surface area contributed by atoms with Crippen molar-refractivity contribution in [2.24, 2.45) is 5.73 Å². The highest BCUT2D eigenvalue weighted by atomic mass is 35.5. The number of nitrogens with one attached hydrogen (secondary N) is 2. The second kappa shape index (κ2) is 6.90. The van der Waals surface area contributed by atoms with Crippen molar-refractivity contribution in [1.82, 2.24) is 19.5 Å². The Balaban J connectivity index is 1.79. The van der Waals surface area contributed by atoms with Crippen molar-refractivity contribution in [2.75, 3.05) is 18.4 Å². The van der Waals surface area contributed by atoms with Crippen LogP contribution >= 0.6 is 23.2 Å². The molecule has 0 saturated carbocycles. The lowest BCUT2D eigenvalue weighted by Gasteiger charge is -2.14. The molecule has 3 aromatic rings. The molecule has 0 amide bonds. The highest BCUT2D eigenvalue weighted by Crippen LogP contribution is 2.40. The van der Waals surface area contributed by atoms with Crippen LogP contribution in [0.4, 0.5) is 5.95 Å². The third kappa shape index (κ3) is 2.96. The van der Waals surface area contributed by atoms with Crippen LogP contribution in [0.5, 0.6) is 0 Å². The Morgan fingerprint density at radius 3 is 3.04 bits per heavy atom. The van der Waals surface area contributed by atoms with Gasteiger partial charge in [0, 0.05) is 16.6 Å². The number of benzene rings is 1. The maximum absolute atomic E-state index is 12.6. The summed E-state index contributed by atoms with van der Waals surface area (Å²) >= 11 is 12.5. The Labute approximate surface area is 159 Å². The molecule has 0 saturated heterocycles. The lowest BCUT2D eigenvalue weighted by molar-refractivity contribution is 0.574. The van der Waals surface area contributed by atoms with Gasteiger partial charge < -0.3 is 16.0 Å². The van der Waals surface area contributed by atoms with Gasteiger partial charge in [0.05, 0.1) is 12.2 Å². The number of H-pyrrole nitrogens is 1. The molecule has 0 aliphatic heterocycles.